The molecule has 1 atom stereocenters. The molecule has 38 heavy (non-hydrogen) atoms. The van der Waals surface area contributed by atoms with Gasteiger partial charge in [-0.05, 0) is 29.8 Å². The van der Waals surface area contributed by atoms with Crippen LogP contribution in [-0.4, -0.2) is 29.4 Å². The van der Waals surface area contributed by atoms with Crippen LogP contribution in [0.15, 0.2) is 79.3 Å². The zero-order valence-corrected chi connectivity index (χ0v) is 20.1. The highest BCUT2D eigenvalue weighted by molar-refractivity contribution is 5.82. The second-order valence-electron chi connectivity index (χ2n) is 8.43. The second-order valence-corrected chi connectivity index (χ2v) is 8.43. The third-order valence-electron chi connectivity index (χ3n) is 5.69. The van der Waals surface area contributed by atoms with E-state index in [-0.39, 0.29) is 5.82 Å². The third kappa shape index (κ3) is 5.76. The van der Waals surface area contributed by atoms with Gasteiger partial charge in [-0.2, -0.15) is 18.3 Å². The van der Waals surface area contributed by atoms with E-state index in [1.54, 1.807) is 36.5 Å². The van der Waals surface area contributed by atoms with Crippen LogP contribution in [-0.2, 0) is 31.2 Å². The van der Waals surface area contributed by atoms with Crippen molar-refractivity contribution in [3.63, 3.8) is 0 Å². The molecule has 0 amide bonds. The number of benzene rings is 2. The van der Waals surface area contributed by atoms with Gasteiger partial charge >= 0.3 is 6.18 Å². The highest BCUT2D eigenvalue weighted by atomic mass is 19.4. The Kier molecular flexibility index (Phi) is 6.99. The van der Waals surface area contributed by atoms with Crippen LogP contribution in [0.1, 0.15) is 23.3 Å². The largest absolute Gasteiger partial charge is 0.439 e. The molecule has 9 nitrogen and oxygen atoms in total. The second kappa shape index (κ2) is 10.5. The number of halogens is 3. The Morgan fingerprint density at radius 1 is 1.00 bits per heavy atom. The molecule has 0 saturated carbocycles. The number of nitrogens with one attached hydrogen (secondary N) is 1. The van der Waals surface area contributed by atoms with E-state index in [4.69, 9.17) is 9.47 Å². The van der Waals surface area contributed by atoms with Gasteiger partial charge in [0.2, 0.25) is 12.2 Å². The number of aryl methyl sites for hydroxylation is 1. The topological polar surface area (TPSA) is 99.2 Å². The summed E-state index contributed by atoms with van der Waals surface area (Å²) >= 11 is 0. The summed E-state index contributed by atoms with van der Waals surface area (Å²) in [5.74, 6) is 0.739. The van der Waals surface area contributed by atoms with Crippen LogP contribution < -0.4 is 10.1 Å². The maximum Gasteiger partial charge on any atom is 0.433 e. The molecule has 0 spiro atoms. The van der Waals surface area contributed by atoms with Gasteiger partial charge < -0.3 is 24.5 Å². The molecule has 1 unspecified atom stereocenters. The molecule has 5 aromatic rings. The van der Waals surface area contributed by atoms with Crippen molar-refractivity contribution in [1.82, 2.24) is 24.3 Å². The van der Waals surface area contributed by atoms with Crippen molar-refractivity contribution in [3.8, 4) is 11.6 Å². The first kappa shape index (κ1) is 25.2. The fourth-order valence-corrected chi connectivity index (χ4v) is 3.90. The quantitative estimate of drug-likeness (QED) is 0.254. The first-order valence-corrected chi connectivity index (χ1v) is 11.5. The van der Waals surface area contributed by atoms with Crippen LogP contribution in [0, 0.1) is 0 Å². The van der Waals surface area contributed by atoms with Crippen LogP contribution in [0.4, 0.5) is 19.0 Å². The Labute approximate surface area is 215 Å². The number of hydrogen-bond acceptors (Lipinski definition) is 7. The molecule has 0 aliphatic carbocycles. The number of alkyl halides is 3. The molecular formula is C26H23F3N6O3. The Morgan fingerprint density at radius 3 is 2.58 bits per heavy atom. The number of aliphatic hydroxyl groups is 1. The lowest BCUT2D eigenvalue weighted by atomic mass is 10.2. The summed E-state index contributed by atoms with van der Waals surface area (Å²) in [6, 6.07) is 19.3. The predicted octanol–water partition coefficient (Wildman–Crippen LogP) is 5.25. The van der Waals surface area contributed by atoms with Crippen molar-refractivity contribution in [2.75, 3.05) is 5.32 Å². The Hall–Kier alpha value is -4.42. The molecule has 2 N–H and O–H groups in total. The fourth-order valence-electron chi connectivity index (χ4n) is 3.90. The zero-order chi connectivity index (χ0) is 26.7. The van der Waals surface area contributed by atoms with Crippen molar-refractivity contribution in [3.05, 3.63) is 96.2 Å². The van der Waals surface area contributed by atoms with E-state index in [0.717, 1.165) is 17.0 Å². The molecule has 12 heteroatoms. The van der Waals surface area contributed by atoms with Crippen molar-refractivity contribution >= 4 is 16.7 Å². The minimum atomic E-state index is -4.55. The van der Waals surface area contributed by atoms with E-state index in [1.807, 2.05) is 30.3 Å². The Bertz CT molecular complexity index is 1530. The lowest BCUT2D eigenvalue weighted by Gasteiger charge is -2.15. The molecule has 5 rings (SSSR count). The first-order valence-electron chi connectivity index (χ1n) is 11.5. The molecule has 3 aromatic heterocycles. The first-order chi connectivity index (χ1) is 18.3. The Balaban J connectivity index is 1.24. The van der Waals surface area contributed by atoms with E-state index in [1.165, 1.54) is 17.9 Å². The summed E-state index contributed by atoms with van der Waals surface area (Å²) in [7, 11) is 1.19. The molecule has 0 aliphatic rings. The molecular weight excluding hydrogens is 501 g/mol. The number of rotatable bonds is 9. The van der Waals surface area contributed by atoms with Crippen LogP contribution >= 0.6 is 0 Å². The van der Waals surface area contributed by atoms with E-state index in [2.05, 4.69) is 20.4 Å². The van der Waals surface area contributed by atoms with E-state index in [0.29, 0.717) is 40.7 Å². The number of aliphatic hydroxyl groups excluding tert-OH is 1. The predicted molar refractivity (Wildman–Crippen MR) is 132 cm³/mol. The molecule has 2 aromatic carbocycles. The zero-order valence-electron chi connectivity index (χ0n) is 20.1. The minimum absolute atomic E-state index is 0.110. The van der Waals surface area contributed by atoms with E-state index < -0.39 is 18.2 Å². The standard InChI is InChI=1S/C26H23F3N6O3/c1-34-22(26(27,28)29)13-23(33-34)32-25(36)35-10-9-18-11-20(7-8-21(18)35)38-24-12-19(30-16-31-24)15-37-14-17-5-3-2-4-6-17/h2-13,16,25,36H,14-15H2,1H3,(H,32,33). The van der Waals surface area contributed by atoms with Crippen LogP contribution in [0.25, 0.3) is 10.9 Å². The minimum Gasteiger partial charge on any atom is -0.439 e. The van der Waals surface area contributed by atoms with Gasteiger partial charge in [-0.25, -0.2) is 9.97 Å². The normalized spacial score (nSPS) is 12.6. The molecule has 0 bridgehead atoms. The summed E-state index contributed by atoms with van der Waals surface area (Å²) in [6.07, 6.45) is -2.90. The van der Waals surface area contributed by atoms with Gasteiger partial charge in [-0.3, -0.25) is 4.68 Å². The van der Waals surface area contributed by atoms with Gasteiger partial charge in [-0.15, -0.1) is 0 Å². The van der Waals surface area contributed by atoms with Gasteiger partial charge in [0.1, 0.15) is 17.8 Å². The third-order valence-corrected chi connectivity index (χ3v) is 5.69. The van der Waals surface area contributed by atoms with Gasteiger partial charge in [0.05, 0.1) is 24.4 Å². The average Bonchev–Trinajstić information content (AvgIpc) is 3.48. The summed E-state index contributed by atoms with van der Waals surface area (Å²) in [5, 5.41) is 17.7. The van der Waals surface area contributed by atoms with E-state index >= 15 is 0 Å². The monoisotopic (exact) mass is 524 g/mol. The van der Waals surface area contributed by atoms with Crippen LogP contribution in [0.2, 0.25) is 0 Å². The summed E-state index contributed by atoms with van der Waals surface area (Å²) < 4.78 is 52.9. The van der Waals surface area contributed by atoms with E-state index in [9.17, 15) is 18.3 Å². The van der Waals surface area contributed by atoms with Gasteiger partial charge in [0.15, 0.2) is 5.82 Å². The summed E-state index contributed by atoms with van der Waals surface area (Å²) in [6.45, 7) is 0.751. The maximum absolute atomic E-state index is 13.0. The molecule has 0 aliphatic heterocycles. The highest BCUT2D eigenvalue weighted by Crippen LogP contribution is 2.31. The number of fused-ring (bicyclic) bond motifs is 1. The van der Waals surface area contributed by atoms with Crippen molar-refractivity contribution < 1.29 is 27.8 Å². The molecule has 0 fully saturated rings. The highest BCUT2D eigenvalue weighted by Gasteiger charge is 2.35. The average molecular weight is 525 g/mol. The summed E-state index contributed by atoms with van der Waals surface area (Å²) in [5.41, 5.74) is 1.42. The SMILES string of the molecule is Cn1nc(NC(O)n2ccc3cc(Oc4cc(COCc5ccccc5)ncn4)ccc32)cc1C(F)(F)F. The molecule has 196 valence electrons. The molecule has 0 saturated heterocycles. The number of aromatic nitrogens is 5. The fraction of sp³-hybridized carbons (Fsp3) is 0.192. The van der Waals surface area contributed by atoms with Crippen molar-refractivity contribution in [2.45, 2.75) is 25.7 Å². The van der Waals surface area contributed by atoms with Crippen molar-refractivity contribution in [1.29, 1.82) is 0 Å². The number of ether oxygens (including phenoxy) is 2. The molecule has 3 heterocycles. The van der Waals surface area contributed by atoms with Crippen LogP contribution in [0.3, 0.4) is 0 Å². The smallest absolute Gasteiger partial charge is 0.433 e. The number of anilines is 1. The van der Waals surface area contributed by atoms with Crippen LogP contribution in [0.5, 0.6) is 11.6 Å². The van der Waals surface area contributed by atoms with Gasteiger partial charge in [0.25, 0.3) is 0 Å². The van der Waals surface area contributed by atoms with Gasteiger partial charge in [0, 0.05) is 30.8 Å². The summed E-state index contributed by atoms with van der Waals surface area (Å²) in [4.78, 5) is 8.37. The van der Waals surface area contributed by atoms with Crippen molar-refractivity contribution in [2.24, 2.45) is 7.05 Å². The molecule has 0 radical (unpaired) electrons. The number of hydrogen-bond donors (Lipinski definition) is 2. The maximum atomic E-state index is 13.0. The van der Waals surface area contributed by atoms with Gasteiger partial charge in [-0.1, -0.05) is 30.3 Å². The Morgan fingerprint density at radius 2 is 1.82 bits per heavy atom. The lowest BCUT2D eigenvalue weighted by molar-refractivity contribution is -0.143. The lowest BCUT2D eigenvalue weighted by Crippen LogP contribution is -2.17. The number of nitrogens with zero attached hydrogens (tertiary/aromatic N) is 5.